The summed E-state index contributed by atoms with van der Waals surface area (Å²) >= 11 is 0. The highest BCUT2D eigenvalue weighted by molar-refractivity contribution is 5.35. The Labute approximate surface area is 110 Å². The average Bonchev–Trinajstić information content (AvgIpc) is 2.26. The van der Waals surface area contributed by atoms with Crippen LogP contribution in [0.15, 0.2) is 18.2 Å². The lowest BCUT2D eigenvalue weighted by atomic mass is 9.89. The molecule has 1 aliphatic rings. The van der Waals surface area contributed by atoms with Gasteiger partial charge in [-0.3, -0.25) is 15.0 Å². The van der Waals surface area contributed by atoms with Gasteiger partial charge in [0.1, 0.15) is 5.82 Å². The van der Waals surface area contributed by atoms with E-state index in [1.165, 1.54) is 12.1 Å². The highest BCUT2D eigenvalue weighted by Gasteiger charge is 2.39. The van der Waals surface area contributed by atoms with Gasteiger partial charge in [-0.05, 0) is 18.1 Å². The van der Waals surface area contributed by atoms with Crippen molar-refractivity contribution in [1.29, 1.82) is 0 Å². The molecule has 2 rings (SSSR count). The third kappa shape index (κ3) is 3.27. The summed E-state index contributed by atoms with van der Waals surface area (Å²) < 4.78 is 13.3. The Balaban J connectivity index is 2.00. The summed E-state index contributed by atoms with van der Waals surface area (Å²) in [6.45, 7) is 3.50. The van der Waals surface area contributed by atoms with E-state index >= 15 is 0 Å². The number of halogens is 1. The van der Waals surface area contributed by atoms with E-state index in [0.29, 0.717) is 25.2 Å². The maximum Gasteiger partial charge on any atom is 0.272 e. The number of nitro benzene ring substituents is 1. The summed E-state index contributed by atoms with van der Waals surface area (Å²) in [5.41, 5.74) is -0.321. The highest BCUT2D eigenvalue weighted by Crippen LogP contribution is 2.28. The predicted octanol–water partition coefficient (Wildman–Crippen LogP) is 2.08. The fourth-order valence-corrected chi connectivity index (χ4v) is 2.61. The van der Waals surface area contributed by atoms with Crippen LogP contribution in [0.5, 0.6) is 0 Å². The van der Waals surface area contributed by atoms with Gasteiger partial charge in [-0.25, -0.2) is 4.39 Å². The molecule has 0 amide bonds. The van der Waals surface area contributed by atoms with Gasteiger partial charge in [-0.2, -0.15) is 0 Å². The fourth-order valence-electron chi connectivity index (χ4n) is 2.61. The number of non-ortho nitro benzene ring substituents is 1. The molecule has 0 atom stereocenters. The molecule has 0 aromatic heterocycles. The number of benzene rings is 1. The molecule has 1 heterocycles. The molecule has 0 radical (unpaired) electrons. The number of nitro groups is 1. The van der Waals surface area contributed by atoms with Crippen molar-refractivity contribution in [1.82, 2.24) is 4.90 Å². The average molecular weight is 268 g/mol. The minimum absolute atomic E-state index is 0.237. The molecule has 1 fully saturated rings. The second-order valence-corrected chi connectivity index (χ2v) is 5.19. The van der Waals surface area contributed by atoms with E-state index in [0.717, 1.165) is 18.9 Å². The molecule has 104 valence electrons. The summed E-state index contributed by atoms with van der Waals surface area (Å²) in [7, 11) is 0. The predicted molar refractivity (Wildman–Crippen MR) is 68.2 cm³/mol. The lowest BCUT2D eigenvalue weighted by Gasteiger charge is -2.46. The van der Waals surface area contributed by atoms with Gasteiger partial charge in [0.15, 0.2) is 0 Å². The molecular formula is C13H17FN2O3. The Morgan fingerprint density at radius 2 is 2.16 bits per heavy atom. The summed E-state index contributed by atoms with van der Waals surface area (Å²) in [6.07, 6.45) is 1.66. The smallest absolute Gasteiger partial charge is 0.272 e. The quantitative estimate of drug-likeness (QED) is 0.656. The van der Waals surface area contributed by atoms with Gasteiger partial charge < -0.3 is 5.11 Å². The molecule has 0 spiro atoms. The lowest BCUT2D eigenvalue weighted by Crippen LogP contribution is -2.60. The van der Waals surface area contributed by atoms with Gasteiger partial charge in [0, 0.05) is 25.7 Å². The SMILES string of the molecule is CCCC1(O)CN(Cc2cc(F)cc([N+](=O)[O-])c2)C1. The van der Waals surface area contributed by atoms with Gasteiger partial charge in [-0.15, -0.1) is 0 Å². The standard InChI is InChI=1S/C13H17FN2O3/c1-2-3-13(17)8-15(9-13)7-10-4-11(14)6-12(5-10)16(18)19/h4-6,17H,2-3,7-9H2,1H3. The van der Waals surface area contributed by atoms with Gasteiger partial charge >= 0.3 is 0 Å². The molecule has 19 heavy (non-hydrogen) atoms. The van der Waals surface area contributed by atoms with Crippen LogP contribution in [0.25, 0.3) is 0 Å². The van der Waals surface area contributed by atoms with Crippen molar-refractivity contribution < 1.29 is 14.4 Å². The maximum absolute atomic E-state index is 13.3. The zero-order chi connectivity index (χ0) is 14.0. The monoisotopic (exact) mass is 268 g/mol. The molecule has 0 bridgehead atoms. The van der Waals surface area contributed by atoms with Gasteiger partial charge in [0.2, 0.25) is 0 Å². The second-order valence-electron chi connectivity index (χ2n) is 5.19. The Morgan fingerprint density at radius 3 is 2.74 bits per heavy atom. The third-order valence-corrected chi connectivity index (χ3v) is 3.31. The Kier molecular flexibility index (Phi) is 3.82. The third-order valence-electron chi connectivity index (χ3n) is 3.31. The van der Waals surface area contributed by atoms with Crippen molar-refractivity contribution in [2.75, 3.05) is 13.1 Å². The zero-order valence-electron chi connectivity index (χ0n) is 10.8. The number of nitrogens with zero attached hydrogens (tertiary/aromatic N) is 2. The minimum atomic E-state index is -0.645. The van der Waals surface area contributed by atoms with Crippen molar-refractivity contribution in [3.05, 3.63) is 39.7 Å². The molecule has 1 aromatic carbocycles. The molecule has 0 unspecified atom stereocenters. The van der Waals surface area contributed by atoms with Gasteiger partial charge in [-0.1, -0.05) is 13.3 Å². The number of aliphatic hydroxyl groups is 1. The van der Waals surface area contributed by atoms with Crippen LogP contribution in [0, 0.1) is 15.9 Å². The van der Waals surface area contributed by atoms with Crippen molar-refractivity contribution in [2.24, 2.45) is 0 Å². The molecular weight excluding hydrogens is 251 g/mol. The van der Waals surface area contributed by atoms with Gasteiger partial charge in [0.25, 0.3) is 5.69 Å². The Hall–Kier alpha value is -1.53. The molecule has 1 N–H and O–H groups in total. The van der Waals surface area contributed by atoms with E-state index in [2.05, 4.69) is 0 Å². The van der Waals surface area contributed by atoms with Crippen LogP contribution in [-0.4, -0.2) is 33.6 Å². The van der Waals surface area contributed by atoms with Crippen LogP contribution in [0.3, 0.4) is 0 Å². The lowest BCUT2D eigenvalue weighted by molar-refractivity contribution is -0.385. The first kappa shape index (κ1) is 13.9. The summed E-state index contributed by atoms with van der Waals surface area (Å²) in [5.74, 6) is -0.603. The van der Waals surface area contributed by atoms with Crippen LogP contribution in [0.4, 0.5) is 10.1 Å². The Bertz CT molecular complexity index is 487. The van der Waals surface area contributed by atoms with Crippen LogP contribution < -0.4 is 0 Å². The molecule has 6 heteroatoms. The maximum atomic E-state index is 13.3. The van der Waals surface area contributed by atoms with E-state index in [1.807, 2.05) is 11.8 Å². The van der Waals surface area contributed by atoms with Crippen molar-refractivity contribution in [3.63, 3.8) is 0 Å². The molecule has 0 saturated carbocycles. The summed E-state index contributed by atoms with van der Waals surface area (Å²) in [6, 6.07) is 3.58. The van der Waals surface area contributed by atoms with E-state index < -0.39 is 16.3 Å². The first-order valence-electron chi connectivity index (χ1n) is 6.30. The number of hydrogen-bond acceptors (Lipinski definition) is 4. The molecule has 1 aliphatic heterocycles. The van der Waals surface area contributed by atoms with Crippen molar-refractivity contribution in [3.8, 4) is 0 Å². The topological polar surface area (TPSA) is 66.6 Å². The van der Waals surface area contributed by atoms with E-state index in [4.69, 9.17) is 0 Å². The normalized spacial score (nSPS) is 18.1. The second kappa shape index (κ2) is 5.22. The summed E-state index contributed by atoms with van der Waals surface area (Å²) in [4.78, 5) is 12.0. The molecule has 1 saturated heterocycles. The zero-order valence-corrected chi connectivity index (χ0v) is 10.8. The van der Waals surface area contributed by atoms with Crippen molar-refractivity contribution >= 4 is 5.69 Å². The first-order valence-corrected chi connectivity index (χ1v) is 6.30. The van der Waals surface area contributed by atoms with Crippen LogP contribution in [-0.2, 0) is 6.54 Å². The molecule has 1 aromatic rings. The van der Waals surface area contributed by atoms with E-state index in [-0.39, 0.29) is 5.69 Å². The largest absolute Gasteiger partial charge is 0.387 e. The molecule has 0 aliphatic carbocycles. The van der Waals surface area contributed by atoms with Gasteiger partial charge in [0.05, 0.1) is 16.6 Å². The number of β-amino-alcohol motifs (C(OH)–C–C–N with tert-alkyl or cyclic N) is 1. The number of likely N-dealkylation sites (tertiary alicyclic amines) is 1. The summed E-state index contributed by atoms with van der Waals surface area (Å²) in [5, 5.41) is 20.7. The van der Waals surface area contributed by atoms with E-state index in [9.17, 15) is 19.6 Å². The minimum Gasteiger partial charge on any atom is -0.387 e. The van der Waals surface area contributed by atoms with Crippen LogP contribution in [0.2, 0.25) is 0 Å². The number of rotatable bonds is 5. The Morgan fingerprint density at radius 1 is 1.47 bits per heavy atom. The van der Waals surface area contributed by atoms with Crippen molar-refractivity contribution in [2.45, 2.75) is 31.9 Å². The van der Waals surface area contributed by atoms with Crippen LogP contribution in [0.1, 0.15) is 25.3 Å². The highest BCUT2D eigenvalue weighted by atomic mass is 19.1. The first-order chi connectivity index (χ1) is 8.92. The fraction of sp³-hybridized carbons (Fsp3) is 0.538. The van der Waals surface area contributed by atoms with E-state index in [1.54, 1.807) is 0 Å². The number of hydrogen-bond donors (Lipinski definition) is 1. The molecule has 5 nitrogen and oxygen atoms in total. The van der Waals surface area contributed by atoms with Crippen LogP contribution >= 0.6 is 0 Å².